The summed E-state index contributed by atoms with van der Waals surface area (Å²) in [7, 11) is 0. The average molecular weight is 426 g/mol. The lowest BCUT2D eigenvalue weighted by Gasteiger charge is -2.11. The van der Waals surface area contributed by atoms with Crippen LogP contribution in [0.15, 0.2) is 22.7 Å². The van der Waals surface area contributed by atoms with Gasteiger partial charge in [-0.3, -0.25) is 4.79 Å². The van der Waals surface area contributed by atoms with Crippen LogP contribution < -0.4 is 10.1 Å². The molecule has 0 aliphatic carbocycles. The Morgan fingerprint density at radius 3 is 2.23 bits per heavy atom. The van der Waals surface area contributed by atoms with Crippen molar-refractivity contribution in [2.45, 2.75) is 27.4 Å². The number of benzene rings is 2. The number of nitrogens with zero attached hydrogens (tertiary/aromatic N) is 1. The van der Waals surface area contributed by atoms with Crippen molar-refractivity contribution in [1.82, 2.24) is 5.16 Å². The van der Waals surface area contributed by atoms with E-state index in [1.165, 1.54) is 6.92 Å². The molecule has 0 saturated heterocycles. The molecule has 10 heteroatoms. The van der Waals surface area contributed by atoms with E-state index in [-0.39, 0.29) is 17.9 Å². The summed E-state index contributed by atoms with van der Waals surface area (Å²) in [6.07, 6.45) is 0. The van der Waals surface area contributed by atoms with Crippen molar-refractivity contribution in [3.8, 4) is 5.75 Å². The van der Waals surface area contributed by atoms with E-state index in [1.54, 1.807) is 11.4 Å². The highest BCUT2D eigenvalue weighted by molar-refractivity contribution is 6.04. The summed E-state index contributed by atoms with van der Waals surface area (Å²) in [6.45, 7) is 4.97. The highest BCUT2D eigenvalue weighted by atomic mass is 19.2. The van der Waals surface area contributed by atoms with Gasteiger partial charge in [-0.2, -0.15) is 0 Å². The minimum absolute atomic E-state index is 0.150. The molecule has 3 rings (SSSR count). The van der Waals surface area contributed by atoms with Crippen LogP contribution in [-0.4, -0.2) is 11.1 Å². The lowest BCUT2D eigenvalue weighted by Crippen LogP contribution is -2.19. The van der Waals surface area contributed by atoms with Gasteiger partial charge in [-0.25, -0.2) is 22.0 Å². The van der Waals surface area contributed by atoms with Gasteiger partial charge in [-0.05, 0) is 38.0 Å². The number of hydrogen-bond acceptors (Lipinski definition) is 4. The molecular weight excluding hydrogens is 411 g/mol. The summed E-state index contributed by atoms with van der Waals surface area (Å²) >= 11 is 0. The van der Waals surface area contributed by atoms with E-state index in [1.807, 2.05) is 26.0 Å². The number of nitrogens with one attached hydrogen (secondary N) is 1. The number of amides is 1. The molecule has 1 amide bonds. The Morgan fingerprint density at radius 2 is 1.60 bits per heavy atom. The first-order valence-corrected chi connectivity index (χ1v) is 8.59. The van der Waals surface area contributed by atoms with Crippen LogP contribution >= 0.6 is 0 Å². The first-order valence-electron chi connectivity index (χ1n) is 8.59. The molecule has 30 heavy (non-hydrogen) atoms. The third-order valence-electron chi connectivity index (χ3n) is 4.36. The van der Waals surface area contributed by atoms with Crippen LogP contribution in [0.4, 0.5) is 27.6 Å². The third kappa shape index (κ3) is 3.85. The van der Waals surface area contributed by atoms with E-state index >= 15 is 0 Å². The second-order valence-corrected chi connectivity index (χ2v) is 6.52. The molecule has 5 nitrogen and oxygen atoms in total. The van der Waals surface area contributed by atoms with Gasteiger partial charge in [0.1, 0.15) is 23.8 Å². The molecule has 0 atom stereocenters. The molecule has 0 radical (unpaired) electrons. The Balaban J connectivity index is 1.88. The SMILES string of the molecule is Cc1ccc(C)c(OCc2c(C(=O)Nc3c(F)c(F)c(F)c(F)c3F)noc2C)c1. The summed E-state index contributed by atoms with van der Waals surface area (Å²) < 4.78 is 78.2. The van der Waals surface area contributed by atoms with Crippen LogP contribution in [0.1, 0.15) is 32.9 Å². The lowest BCUT2D eigenvalue weighted by atomic mass is 10.1. The quantitative estimate of drug-likeness (QED) is 0.349. The maximum atomic E-state index is 13.8. The van der Waals surface area contributed by atoms with E-state index in [0.717, 1.165) is 11.1 Å². The molecule has 3 aromatic rings. The van der Waals surface area contributed by atoms with Gasteiger partial charge in [0, 0.05) is 0 Å². The first kappa shape index (κ1) is 21.3. The van der Waals surface area contributed by atoms with Gasteiger partial charge in [0.25, 0.3) is 5.91 Å². The number of anilines is 1. The largest absolute Gasteiger partial charge is 0.488 e. The summed E-state index contributed by atoms with van der Waals surface area (Å²) in [5, 5.41) is 5.17. The van der Waals surface area contributed by atoms with Crippen molar-refractivity contribution in [2.24, 2.45) is 0 Å². The zero-order valence-corrected chi connectivity index (χ0v) is 16.0. The number of rotatable bonds is 5. The number of halogens is 5. The summed E-state index contributed by atoms with van der Waals surface area (Å²) in [5.74, 6) is -11.6. The maximum absolute atomic E-state index is 13.8. The van der Waals surface area contributed by atoms with E-state index in [2.05, 4.69) is 5.16 Å². The molecule has 158 valence electrons. The van der Waals surface area contributed by atoms with E-state index in [9.17, 15) is 26.7 Å². The third-order valence-corrected chi connectivity index (χ3v) is 4.36. The maximum Gasteiger partial charge on any atom is 0.278 e. The van der Waals surface area contributed by atoms with Gasteiger partial charge in [0.15, 0.2) is 29.0 Å². The Bertz CT molecular complexity index is 1110. The average Bonchev–Trinajstić information content (AvgIpc) is 3.09. The fourth-order valence-electron chi connectivity index (χ4n) is 2.64. The molecule has 0 aliphatic rings. The van der Waals surface area contributed by atoms with Crippen molar-refractivity contribution in [3.63, 3.8) is 0 Å². The second-order valence-electron chi connectivity index (χ2n) is 6.52. The number of carbonyl (C=O) groups excluding carboxylic acids is 1. The summed E-state index contributed by atoms with van der Waals surface area (Å²) in [4.78, 5) is 12.4. The van der Waals surface area contributed by atoms with Gasteiger partial charge in [-0.1, -0.05) is 17.3 Å². The fourth-order valence-corrected chi connectivity index (χ4v) is 2.64. The van der Waals surface area contributed by atoms with Crippen LogP contribution in [0.5, 0.6) is 5.75 Å². The van der Waals surface area contributed by atoms with Gasteiger partial charge in [0.2, 0.25) is 5.82 Å². The molecule has 0 fully saturated rings. The number of ether oxygens (including phenoxy) is 1. The normalized spacial score (nSPS) is 10.9. The standard InChI is InChI=1S/C20H15F5N2O3/c1-8-4-5-9(2)12(6-8)29-7-11-10(3)30-27-18(11)20(28)26-19-16(24)14(22)13(21)15(23)17(19)25/h4-6H,7H2,1-3H3,(H,26,28). The highest BCUT2D eigenvalue weighted by Gasteiger charge is 2.29. The minimum Gasteiger partial charge on any atom is -0.488 e. The van der Waals surface area contributed by atoms with Crippen molar-refractivity contribution in [2.75, 3.05) is 5.32 Å². The van der Waals surface area contributed by atoms with E-state index in [4.69, 9.17) is 9.26 Å². The molecule has 0 saturated carbocycles. The zero-order chi connectivity index (χ0) is 22.2. The van der Waals surface area contributed by atoms with Crippen LogP contribution in [0, 0.1) is 49.9 Å². The molecule has 0 aliphatic heterocycles. The highest BCUT2D eigenvalue weighted by Crippen LogP contribution is 2.28. The van der Waals surface area contributed by atoms with E-state index < -0.39 is 46.4 Å². The Hall–Kier alpha value is -3.43. The molecule has 0 unspecified atom stereocenters. The van der Waals surface area contributed by atoms with E-state index in [0.29, 0.717) is 5.75 Å². The predicted octanol–water partition coefficient (Wildman–Crippen LogP) is 5.13. The number of aryl methyl sites for hydroxylation is 3. The van der Waals surface area contributed by atoms with Crippen LogP contribution in [0.3, 0.4) is 0 Å². The summed E-state index contributed by atoms with van der Waals surface area (Å²) in [6, 6.07) is 5.49. The van der Waals surface area contributed by atoms with Crippen LogP contribution in [0.25, 0.3) is 0 Å². The monoisotopic (exact) mass is 426 g/mol. The number of hydrogen-bond donors (Lipinski definition) is 1. The second kappa shape index (κ2) is 8.13. The Morgan fingerprint density at radius 1 is 1.00 bits per heavy atom. The molecule has 1 heterocycles. The van der Waals surface area contributed by atoms with Gasteiger partial charge < -0.3 is 14.6 Å². The molecule has 2 aromatic carbocycles. The van der Waals surface area contributed by atoms with Gasteiger partial charge in [0.05, 0.1) is 5.56 Å². The number of aromatic nitrogens is 1. The molecular formula is C20H15F5N2O3. The number of carbonyl (C=O) groups is 1. The molecule has 1 aromatic heterocycles. The van der Waals surface area contributed by atoms with Crippen molar-refractivity contribution < 1.29 is 36.0 Å². The van der Waals surface area contributed by atoms with Crippen LogP contribution in [0.2, 0.25) is 0 Å². The Labute approximate surface area is 167 Å². The van der Waals surface area contributed by atoms with Crippen LogP contribution in [-0.2, 0) is 6.61 Å². The molecule has 1 N–H and O–H groups in total. The van der Waals surface area contributed by atoms with Crippen molar-refractivity contribution in [3.05, 3.63) is 75.4 Å². The fraction of sp³-hybridized carbons (Fsp3) is 0.200. The van der Waals surface area contributed by atoms with Gasteiger partial charge >= 0.3 is 0 Å². The topological polar surface area (TPSA) is 64.4 Å². The lowest BCUT2D eigenvalue weighted by molar-refractivity contribution is 0.101. The molecule has 0 bridgehead atoms. The van der Waals surface area contributed by atoms with Gasteiger partial charge in [-0.15, -0.1) is 0 Å². The van der Waals surface area contributed by atoms with Crippen molar-refractivity contribution >= 4 is 11.6 Å². The predicted molar refractivity (Wildman–Crippen MR) is 95.7 cm³/mol. The zero-order valence-electron chi connectivity index (χ0n) is 16.0. The smallest absolute Gasteiger partial charge is 0.278 e. The molecule has 0 spiro atoms. The Kier molecular flexibility index (Phi) is 5.77. The summed E-state index contributed by atoms with van der Waals surface area (Å²) in [5.41, 5.74) is 0.00140. The first-order chi connectivity index (χ1) is 14.1. The van der Waals surface area contributed by atoms with Crippen molar-refractivity contribution in [1.29, 1.82) is 0 Å². The minimum atomic E-state index is -2.33.